The Morgan fingerprint density at radius 3 is 2.89 bits per heavy atom. The lowest BCUT2D eigenvalue weighted by atomic mass is 10.2. The van der Waals surface area contributed by atoms with E-state index in [-0.39, 0.29) is 11.6 Å². The zero-order valence-corrected chi connectivity index (χ0v) is 11.4. The van der Waals surface area contributed by atoms with Gasteiger partial charge in [-0.1, -0.05) is 31.6 Å². The molecule has 0 spiro atoms. The number of unbranched alkanes of at least 4 members (excludes halogenated alkanes) is 2. The van der Waals surface area contributed by atoms with Crippen LogP contribution in [-0.4, -0.2) is 12.5 Å². The molecule has 1 rings (SSSR count). The Morgan fingerprint density at radius 1 is 1.33 bits per heavy atom. The van der Waals surface area contributed by atoms with Crippen molar-refractivity contribution in [3.63, 3.8) is 0 Å². The quantitative estimate of drug-likeness (QED) is 0.423. The molecule has 18 heavy (non-hydrogen) atoms. The van der Waals surface area contributed by atoms with Crippen LogP contribution < -0.4 is 4.74 Å². The van der Waals surface area contributed by atoms with E-state index in [1.807, 2.05) is 0 Å². The van der Waals surface area contributed by atoms with Gasteiger partial charge >= 0.3 is 0 Å². The van der Waals surface area contributed by atoms with Gasteiger partial charge in [0.25, 0.3) is 0 Å². The molecule has 0 amide bonds. The van der Waals surface area contributed by atoms with Crippen molar-refractivity contribution in [1.82, 2.24) is 0 Å². The molecular weight excluding hydrogens is 251 g/mol. The molecule has 0 aliphatic heterocycles. The molecule has 98 valence electrons. The molecule has 3 heteroatoms. The van der Waals surface area contributed by atoms with Gasteiger partial charge < -0.3 is 4.74 Å². The second-order valence-electron chi connectivity index (χ2n) is 3.94. The van der Waals surface area contributed by atoms with Gasteiger partial charge in [0.2, 0.25) is 0 Å². The number of alkyl halides is 1. The van der Waals surface area contributed by atoms with E-state index >= 15 is 0 Å². The van der Waals surface area contributed by atoms with Crippen molar-refractivity contribution in [3.8, 4) is 17.6 Å². The fourth-order valence-corrected chi connectivity index (χ4v) is 1.53. The second-order valence-corrected chi connectivity index (χ2v) is 4.32. The SMILES string of the molecule is CCCCCOc1cc(C#CCCCl)ccc1F. The summed E-state index contributed by atoms with van der Waals surface area (Å²) in [6.45, 7) is 2.66. The highest BCUT2D eigenvalue weighted by atomic mass is 35.5. The number of benzene rings is 1. The second kappa shape index (κ2) is 8.83. The minimum atomic E-state index is -0.339. The van der Waals surface area contributed by atoms with Crippen LogP contribution in [0.15, 0.2) is 18.2 Å². The number of ether oxygens (including phenoxy) is 1. The van der Waals surface area contributed by atoms with Gasteiger partial charge in [0.05, 0.1) is 6.61 Å². The topological polar surface area (TPSA) is 9.23 Å². The lowest BCUT2D eigenvalue weighted by Crippen LogP contribution is -1.99. The minimum absolute atomic E-state index is 0.281. The van der Waals surface area contributed by atoms with Gasteiger partial charge in [-0.2, -0.15) is 0 Å². The zero-order valence-electron chi connectivity index (χ0n) is 10.6. The third kappa shape index (κ3) is 5.42. The molecule has 0 unspecified atom stereocenters. The van der Waals surface area contributed by atoms with Crippen molar-refractivity contribution in [1.29, 1.82) is 0 Å². The number of hydrogen-bond acceptors (Lipinski definition) is 1. The van der Waals surface area contributed by atoms with Crippen molar-refractivity contribution in [3.05, 3.63) is 29.6 Å². The molecule has 0 N–H and O–H groups in total. The standard InChI is InChI=1S/C15H18ClFO/c1-2-3-6-11-18-15-12-13(7-4-5-10-16)8-9-14(15)17/h8-9,12H,2-3,5-6,10-11H2,1H3. The lowest BCUT2D eigenvalue weighted by molar-refractivity contribution is 0.291. The molecule has 0 radical (unpaired) electrons. The van der Waals surface area contributed by atoms with E-state index in [0.717, 1.165) is 24.8 Å². The van der Waals surface area contributed by atoms with Crippen molar-refractivity contribution in [2.45, 2.75) is 32.6 Å². The Bertz CT molecular complexity index is 420. The maximum atomic E-state index is 13.5. The van der Waals surface area contributed by atoms with Crippen LogP contribution >= 0.6 is 11.6 Å². The van der Waals surface area contributed by atoms with Crippen LogP contribution in [0.5, 0.6) is 5.75 Å². The van der Waals surface area contributed by atoms with Crippen molar-refractivity contribution >= 4 is 11.6 Å². The average molecular weight is 269 g/mol. The van der Waals surface area contributed by atoms with E-state index in [4.69, 9.17) is 16.3 Å². The summed E-state index contributed by atoms with van der Waals surface area (Å²) >= 11 is 5.54. The van der Waals surface area contributed by atoms with Crippen molar-refractivity contribution in [2.24, 2.45) is 0 Å². The maximum Gasteiger partial charge on any atom is 0.165 e. The summed E-state index contributed by atoms with van der Waals surface area (Å²) in [7, 11) is 0. The van der Waals surface area contributed by atoms with Gasteiger partial charge in [-0.15, -0.1) is 11.6 Å². The number of rotatable bonds is 6. The summed E-state index contributed by atoms with van der Waals surface area (Å²) < 4.78 is 18.9. The van der Waals surface area contributed by atoms with Crippen LogP contribution in [0.25, 0.3) is 0 Å². The molecular formula is C15H18ClFO. The van der Waals surface area contributed by atoms with Crippen LogP contribution in [-0.2, 0) is 0 Å². The van der Waals surface area contributed by atoms with Crippen LogP contribution in [0, 0.1) is 17.7 Å². The van der Waals surface area contributed by atoms with Gasteiger partial charge in [0.1, 0.15) is 0 Å². The third-order valence-corrected chi connectivity index (χ3v) is 2.58. The Hall–Kier alpha value is -1.20. The van der Waals surface area contributed by atoms with E-state index in [2.05, 4.69) is 18.8 Å². The molecule has 0 aromatic heterocycles. The molecule has 0 saturated heterocycles. The normalized spacial score (nSPS) is 9.72. The predicted molar refractivity (Wildman–Crippen MR) is 73.6 cm³/mol. The van der Waals surface area contributed by atoms with E-state index < -0.39 is 0 Å². The van der Waals surface area contributed by atoms with Gasteiger partial charge in [-0.05, 0) is 24.6 Å². The fraction of sp³-hybridized carbons (Fsp3) is 0.467. The summed E-state index contributed by atoms with van der Waals surface area (Å²) in [5.74, 6) is 6.30. The van der Waals surface area contributed by atoms with Gasteiger partial charge in [-0.25, -0.2) is 4.39 Å². The predicted octanol–water partition coefficient (Wildman–Crippen LogP) is 4.38. The first-order valence-corrected chi connectivity index (χ1v) is 6.78. The maximum absolute atomic E-state index is 13.5. The van der Waals surface area contributed by atoms with E-state index in [1.165, 1.54) is 6.07 Å². The molecule has 0 aliphatic carbocycles. The molecule has 1 aromatic carbocycles. The van der Waals surface area contributed by atoms with Crippen molar-refractivity contribution < 1.29 is 9.13 Å². The van der Waals surface area contributed by atoms with Gasteiger partial charge in [-0.3, -0.25) is 0 Å². The molecule has 0 fully saturated rings. The van der Waals surface area contributed by atoms with Gasteiger partial charge in [0, 0.05) is 17.9 Å². The third-order valence-electron chi connectivity index (χ3n) is 2.39. The van der Waals surface area contributed by atoms with Gasteiger partial charge in [0.15, 0.2) is 11.6 Å². The first-order chi connectivity index (χ1) is 8.77. The lowest BCUT2D eigenvalue weighted by Gasteiger charge is -2.07. The van der Waals surface area contributed by atoms with Crippen LogP contribution in [0.2, 0.25) is 0 Å². The molecule has 0 saturated carbocycles. The van der Waals surface area contributed by atoms with Crippen LogP contribution in [0.1, 0.15) is 38.2 Å². The Labute approximate surface area is 113 Å². The summed E-state index contributed by atoms with van der Waals surface area (Å²) in [5.41, 5.74) is 0.756. The Morgan fingerprint density at radius 2 is 2.17 bits per heavy atom. The molecule has 1 aromatic rings. The summed E-state index contributed by atoms with van der Waals surface area (Å²) in [6, 6.07) is 4.68. The van der Waals surface area contributed by atoms with E-state index in [1.54, 1.807) is 12.1 Å². The molecule has 0 bridgehead atoms. The smallest absolute Gasteiger partial charge is 0.165 e. The minimum Gasteiger partial charge on any atom is -0.490 e. The highest BCUT2D eigenvalue weighted by Crippen LogP contribution is 2.18. The van der Waals surface area contributed by atoms with Crippen molar-refractivity contribution in [2.75, 3.05) is 12.5 Å². The highest BCUT2D eigenvalue weighted by molar-refractivity contribution is 6.18. The highest BCUT2D eigenvalue weighted by Gasteiger charge is 2.03. The molecule has 1 nitrogen and oxygen atoms in total. The Kier molecular flexibility index (Phi) is 7.29. The van der Waals surface area contributed by atoms with E-state index in [9.17, 15) is 4.39 Å². The summed E-state index contributed by atoms with van der Waals surface area (Å²) in [6.07, 6.45) is 3.79. The first-order valence-electron chi connectivity index (χ1n) is 6.25. The number of hydrogen-bond donors (Lipinski definition) is 0. The summed E-state index contributed by atoms with van der Waals surface area (Å²) in [5, 5.41) is 0. The fourth-order valence-electron chi connectivity index (χ4n) is 1.44. The zero-order chi connectivity index (χ0) is 13.2. The van der Waals surface area contributed by atoms with Crippen LogP contribution in [0.3, 0.4) is 0 Å². The molecule has 0 aliphatic rings. The monoisotopic (exact) mass is 268 g/mol. The first kappa shape index (κ1) is 14.9. The van der Waals surface area contributed by atoms with Crippen LogP contribution in [0.4, 0.5) is 4.39 Å². The largest absolute Gasteiger partial charge is 0.490 e. The number of halogens is 2. The summed E-state index contributed by atoms with van der Waals surface area (Å²) in [4.78, 5) is 0. The molecule has 0 heterocycles. The van der Waals surface area contributed by atoms with E-state index in [0.29, 0.717) is 18.9 Å². The Balaban J connectivity index is 2.61. The molecule has 0 atom stereocenters. The average Bonchev–Trinajstić information content (AvgIpc) is 2.38.